The molecule has 6 nitrogen and oxygen atoms in total. The van der Waals surface area contributed by atoms with Gasteiger partial charge in [0, 0.05) is 44.8 Å². The van der Waals surface area contributed by atoms with Crippen molar-refractivity contribution in [3.63, 3.8) is 0 Å². The first kappa shape index (κ1) is 19.9. The van der Waals surface area contributed by atoms with Crippen LogP contribution in [0.4, 0.5) is 5.69 Å². The number of benzene rings is 2. The summed E-state index contributed by atoms with van der Waals surface area (Å²) in [6.07, 6.45) is 1.56. The van der Waals surface area contributed by atoms with E-state index < -0.39 is 10.0 Å². The summed E-state index contributed by atoms with van der Waals surface area (Å²) >= 11 is 0. The molecule has 1 amide bonds. The van der Waals surface area contributed by atoms with Gasteiger partial charge in [-0.05, 0) is 36.6 Å². The summed E-state index contributed by atoms with van der Waals surface area (Å²) in [5, 5.41) is 0. The van der Waals surface area contributed by atoms with Crippen molar-refractivity contribution in [2.75, 3.05) is 42.8 Å². The van der Waals surface area contributed by atoms with Crippen LogP contribution >= 0.6 is 0 Å². The molecule has 2 fully saturated rings. The summed E-state index contributed by atoms with van der Waals surface area (Å²) in [6, 6.07) is 17.4. The molecule has 0 unspecified atom stereocenters. The van der Waals surface area contributed by atoms with Crippen molar-refractivity contribution in [2.45, 2.75) is 19.4 Å². The molecule has 0 N–H and O–H groups in total. The summed E-state index contributed by atoms with van der Waals surface area (Å²) < 4.78 is 25.8. The lowest BCUT2D eigenvalue weighted by Gasteiger charge is -2.23. The highest BCUT2D eigenvalue weighted by atomic mass is 32.2. The zero-order valence-electron chi connectivity index (χ0n) is 16.5. The molecular formula is C22H27N3O3S. The Hall–Kier alpha value is -2.38. The van der Waals surface area contributed by atoms with Crippen LogP contribution in [0.3, 0.4) is 0 Å². The number of nitrogens with zero attached hydrogens (tertiary/aromatic N) is 3. The lowest BCUT2D eigenvalue weighted by Crippen LogP contribution is -2.35. The average molecular weight is 414 g/mol. The van der Waals surface area contributed by atoms with E-state index in [0.717, 1.165) is 32.6 Å². The molecule has 29 heavy (non-hydrogen) atoms. The number of hydrogen-bond donors (Lipinski definition) is 0. The third-order valence-electron chi connectivity index (χ3n) is 5.61. The van der Waals surface area contributed by atoms with Crippen molar-refractivity contribution in [1.82, 2.24) is 9.80 Å². The molecule has 4 rings (SSSR count). The molecule has 0 saturated carbocycles. The summed E-state index contributed by atoms with van der Waals surface area (Å²) in [4.78, 5) is 17.4. The SMILES string of the molecule is O=C(c1cccc(N2CCCS2(=O)=O)c1)N1CCCN(Cc2ccccc2)CC1. The number of sulfonamides is 1. The molecule has 0 aliphatic carbocycles. The Morgan fingerprint density at radius 3 is 2.45 bits per heavy atom. The zero-order valence-corrected chi connectivity index (χ0v) is 17.4. The van der Waals surface area contributed by atoms with E-state index in [4.69, 9.17) is 0 Å². The van der Waals surface area contributed by atoms with E-state index in [0.29, 0.717) is 30.8 Å². The molecule has 0 radical (unpaired) electrons. The normalized spacial score (nSPS) is 19.9. The summed E-state index contributed by atoms with van der Waals surface area (Å²) in [5.41, 5.74) is 2.43. The second-order valence-corrected chi connectivity index (χ2v) is 9.71. The summed E-state index contributed by atoms with van der Waals surface area (Å²) in [6.45, 7) is 4.57. The number of rotatable bonds is 4. The minimum atomic E-state index is -3.25. The Morgan fingerprint density at radius 2 is 1.69 bits per heavy atom. The minimum Gasteiger partial charge on any atom is -0.337 e. The van der Waals surface area contributed by atoms with Crippen LogP contribution in [-0.2, 0) is 16.6 Å². The molecule has 0 spiro atoms. The second kappa shape index (κ2) is 8.55. The average Bonchev–Trinajstić information content (AvgIpc) is 2.93. The van der Waals surface area contributed by atoms with Gasteiger partial charge in [0.25, 0.3) is 5.91 Å². The van der Waals surface area contributed by atoms with E-state index in [1.807, 2.05) is 11.0 Å². The van der Waals surface area contributed by atoms with Gasteiger partial charge < -0.3 is 4.90 Å². The van der Waals surface area contributed by atoms with Crippen LogP contribution in [0, 0.1) is 0 Å². The molecule has 0 atom stereocenters. The number of carbonyl (C=O) groups excluding carboxylic acids is 1. The van der Waals surface area contributed by atoms with Crippen LogP contribution in [0.1, 0.15) is 28.8 Å². The maximum Gasteiger partial charge on any atom is 0.253 e. The van der Waals surface area contributed by atoms with Gasteiger partial charge in [0.2, 0.25) is 10.0 Å². The van der Waals surface area contributed by atoms with E-state index in [1.165, 1.54) is 9.87 Å². The first-order valence-corrected chi connectivity index (χ1v) is 11.8. The predicted octanol–water partition coefficient (Wildman–Crippen LogP) is 2.57. The fourth-order valence-corrected chi connectivity index (χ4v) is 5.64. The minimum absolute atomic E-state index is 0.0231. The Morgan fingerprint density at radius 1 is 0.862 bits per heavy atom. The van der Waals surface area contributed by atoms with Crippen molar-refractivity contribution >= 4 is 21.6 Å². The summed E-state index contributed by atoms with van der Waals surface area (Å²) in [5.74, 6) is 0.152. The standard InChI is InChI=1S/C22H27N3O3S/c26-22(20-9-4-10-21(17-20)25-13-6-16-29(25,27)28)24-12-5-11-23(14-15-24)18-19-7-2-1-3-8-19/h1-4,7-10,17H,5-6,11-16,18H2. The fourth-order valence-electron chi connectivity index (χ4n) is 4.08. The third kappa shape index (κ3) is 4.62. The molecule has 2 aromatic rings. The van der Waals surface area contributed by atoms with Gasteiger partial charge in [0.05, 0.1) is 11.4 Å². The Balaban J connectivity index is 1.43. The number of carbonyl (C=O) groups is 1. The van der Waals surface area contributed by atoms with Crippen molar-refractivity contribution in [2.24, 2.45) is 0 Å². The molecule has 0 bridgehead atoms. The predicted molar refractivity (Wildman–Crippen MR) is 114 cm³/mol. The molecule has 2 aromatic carbocycles. The van der Waals surface area contributed by atoms with Gasteiger partial charge >= 0.3 is 0 Å². The third-order valence-corrected chi connectivity index (χ3v) is 7.47. The van der Waals surface area contributed by atoms with Crippen molar-refractivity contribution in [3.05, 3.63) is 65.7 Å². The molecule has 7 heteroatoms. The van der Waals surface area contributed by atoms with E-state index in [-0.39, 0.29) is 11.7 Å². The molecule has 2 aliphatic heterocycles. The van der Waals surface area contributed by atoms with E-state index >= 15 is 0 Å². The first-order valence-electron chi connectivity index (χ1n) is 10.2. The van der Waals surface area contributed by atoms with Crippen molar-refractivity contribution in [3.8, 4) is 0 Å². The monoisotopic (exact) mass is 413 g/mol. The highest BCUT2D eigenvalue weighted by Gasteiger charge is 2.29. The first-order chi connectivity index (χ1) is 14.0. The molecule has 2 heterocycles. The summed E-state index contributed by atoms with van der Waals surface area (Å²) in [7, 11) is -3.25. The van der Waals surface area contributed by atoms with Gasteiger partial charge in [-0.25, -0.2) is 8.42 Å². The second-order valence-electron chi connectivity index (χ2n) is 7.70. The fraction of sp³-hybridized carbons (Fsp3) is 0.409. The largest absolute Gasteiger partial charge is 0.337 e. The number of amides is 1. The van der Waals surface area contributed by atoms with Gasteiger partial charge in [-0.2, -0.15) is 0 Å². The quantitative estimate of drug-likeness (QED) is 0.773. The smallest absolute Gasteiger partial charge is 0.253 e. The highest BCUT2D eigenvalue weighted by Crippen LogP contribution is 2.25. The van der Waals surface area contributed by atoms with Gasteiger partial charge in [-0.15, -0.1) is 0 Å². The Labute approximate surface area is 172 Å². The maximum absolute atomic E-state index is 13.1. The Kier molecular flexibility index (Phi) is 5.87. The number of hydrogen-bond acceptors (Lipinski definition) is 4. The van der Waals surface area contributed by atoms with E-state index in [2.05, 4.69) is 29.2 Å². The maximum atomic E-state index is 13.1. The van der Waals surface area contributed by atoms with Gasteiger partial charge in [0.15, 0.2) is 0 Å². The zero-order chi connectivity index (χ0) is 20.3. The molecule has 154 valence electrons. The van der Waals surface area contributed by atoms with Gasteiger partial charge in [-0.1, -0.05) is 36.4 Å². The Bertz CT molecular complexity index is 962. The van der Waals surface area contributed by atoms with E-state index in [9.17, 15) is 13.2 Å². The molecule has 0 aromatic heterocycles. The molecule has 2 aliphatic rings. The van der Waals surface area contributed by atoms with Crippen LogP contribution in [0.5, 0.6) is 0 Å². The van der Waals surface area contributed by atoms with Gasteiger partial charge in [0.1, 0.15) is 0 Å². The molecule has 2 saturated heterocycles. The molecular weight excluding hydrogens is 386 g/mol. The van der Waals surface area contributed by atoms with Gasteiger partial charge in [-0.3, -0.25) is 14.0 Å². The van der Waals surface area contributed by atoms with Crippen molar-refractivity contribution < 1.29 is 13.2 Å². The van der Waals surface area contributed by atoms with Crippen molar-refractivity contribution in [1.29, 1.82) is 0 Å². The number of anilines is 1. The van der Waals surface area contributed by atoms with Crippen LogP contribution < -0.4 is 4.31 Å². The highest BCUT2D eigenvalue weighted by molar-refractivity contribution is 7.93. The van der Waals surface area contributed by atoms with Crippen LogP contribution in [0.2, 0.25) is 0 Å². The van der Waals surface area contributed by atoms with E-state index in [1.54, 1.807) is 24.3 Å². The lowest BCUT2D eigenvalue weighted by atomic mass is 10.1. The lowest BCUT2D eigenvalue weighted by molar-refractivity contribution is 0.0761. The topological polar surface area (TPSA) is 60.9 Å². The van der Waals surface area contributed by atoms with Crippen LogP contribution in [0.25, 0.3) is 0 Å². The van der Waals surface area contributed by atoms with Crippen LogP contribution in [0.15, 0.2) is 54.6 Å². The van der Waals surface area contributed by atoms with Crippen LogP contribution in [-0.4, -0.2) is 62.6 Å².